The first-order valence-corrected chi connectivity index (χ1v) is 9.65. The lowest BCUT2D eigenvalue weighted by Gasteiger charge is -2.20. The van der Waals surface area contributed by atoms with E-state index in [1.165, 1.54) is 5.56 Å². The van der Waals surface area contributed by atoms with E-state index in [4.69, 9.17) is 13.6 Å². The van der Waals surface area contributed by atoms with Gasteiger partial charge >= 0.3 is 8.60 Å². The summed E-state index contributed by atoms with van der Waals surface area (Å²) in [5.74, 6) is 2.14. The second kappa shape index (κ2) is 8.25. The molecule has 0 radical (unpaired) electrons. The Bertz CT molecular complexity index is 755. The third-order valence-electron chi connectivity index (χ3n) is 3.75. The lowest BCUT2D eigenvalue weighted by atomic mass is 9.87. The van der Waals surface area contributed by atoms with Crippen LogP contribution in [0, 0.1) is 0 Å². The maximum atomic E-state index is 6.01. The van der Waals surface area contributed by atoms with E-state index in [1.54, 1.807) is 0 Å². The molecule has 0 aliphatic heterocycles. The minimum Gasteiger partial charge on any atom is -0.409 e. The quantitative estimate of drug-likeness (QED) is 0.452. The molecule has 0 unspecified atom stereocenters. The van der Waals surface area contributed by atoms with Crippen molar-refractivity contribution >= 4 is 8.60 Å². The van der Waals surface area contributed by atoms with Crippen molar-refractivity contribution in [3.8, 4) is 17.2 Å². The van der Waals surface area contributed by atoms with Crippen molar-refractivity contribution in [2.24, 2.45) is 0 Å². The van der Waals surface area contributed by atoms with Crippen LogP contribution in [0.1, 0.15) is 26.3 Å². The van der Waals surface area contributed by atoms with Crippen LogP contribution >= 0.6 is 8.60 Å². The van der Waals surface area contributed by atoms with Crippen molar-refractivity contribution in [1.82, 2.24) is 0 Å². The van der Waals surface area contributed by atoms with Gasteiger partial charge in [-0.1, -0.05) is 69.3 Å². The van der Waals surface area contributed by atoms with Crippen LogP contribution in [-0.2, 0) is 5.41 Å². The fraction of sp³-hybridized carbons (Fsp3) is 0.182. The summed E-state index contributed by atoms with van der Waals surface area (Å²) in [5, 5.41) is 0. The molecule has 0 aromatic heterocycles. The zero-order chi connectivity index (χ0) is 18.4. The molecule has 0 N–H and O–H groups in total. The summed E-state index contributed by atoms with van der Waals surface area (Å²) in [7, 11) is -1.63. The third kappa shape index (κ3) is 5.24. The van der Waals surface area contributed by atoms with Gasteiger partial charge in [-0.05, 0) is 47.4 Å². The maximum Gasteiger partial charge on any atom is 0.530 e. The fourth-order valence-corrected chi connectivity index (χ4v) is 3.29. The van der Waals surface area contributed by atoms with Crippen LogP contribution in [0.3, 0.4) is 0 Å². The second-order valence-electron chi connectivity index (χ2n) is 6.90. The van der Waals surface area contributed by atoms with Crippen LogP contribution in [0.25, 0.3) is 0 Å². The molecule has 3 aromatic rings. The van der Waals surface area contributed by atoms with E-state index in [-0.39, 0.29) is 5.41 Å². The normalized spacial score (nSPS) is 11.2. The lowest BCUT2D eigenvalue weighted by molar-refractivity contribution is 0.388. The first-order valence-electron chi connectivity index (χ1n) is 8.55. The smallest absolute Gasteiger partial charge is 0.409 e. The predicted octanol–water partition coefficient (Wildman–Crippen LogP) is 6.75. The van der Waals surface area contributed by atoms with Crippen LogP contribution in [0.2, 0.25) is 0 Å². The molecular weight excluding hydrogens is 343 g/mol. The van der Waals surface area contributed by atoms with Crippen molar-refractivity contribution in [3.05, 3.63) is 90.5 Å². The van der Waals surface area contributed by atoms with Gasteiger partial charge in [-0.25, -0.2) is 0 Å². The minimum atomic E-state index is -1.63. The summed E-state index contributed by atoms with van der Waals surface area (Å²) >= 11 is 0. The molecule has 0 atom stereocenters. The van der Waals surface area contributed by atoms with Crippen LogP contribution in [0.15, 0.2) is 84.9 Å². The van der Waals surface area contributed by atoms with Crippen molar-refractivity contribution in [2.45, 2.75) is 26.2 Å². The highest BCUT2D eigenvalue weighted by atomic mass is 31.2. The van der Waals surface area contributed by atoms with E-state index in [1.807, 2.05) is 72.8 Å². The largest absolute Gasteiger partial charge is 0.530 e. The van der Waals surface area contributed by atoms with Crippen LogP contribution < -0.4 is 13.6 Å². The molecule has 134 valence electrons. The van der Waals surface area contributed by atoms with E-state index in [2.05, 4.69) is 32.9 Å². The monoisotopic (exact) mass is 366 g/mol. The van der Waals surface area contributed by atoms with Gasteiger partial charge in [0.25, 0.3) is 0 Å². The Balaban J connectivity index is 1.76. The lowest BCUT2D eigenvalue weighted by Crippen LogP contribution is -2.10. The van der Waals surface area contributed by atoms with Gasteiger partial charge in [-0.15, -0.1) is 0 Å². The molecule has 3 rings (SSSR count). The van der Waals surface area contributed by atoms with Gasteiger partial charge in [0.05, 0.1) is 0 Å². The average molecular weight is 366 g/mol. The van der Waals surface area contributed by atoms with Gasteiger partial charge in [0.1, 0.15) is 17.2 Å². The maximum absolute atomic E-state index is 6.01. The van der Waals surface area contributed by atoms with Crippen molar-refractivity contribution in [1.29, 1.82) is 0 Å². The zero-order valence-corrected chi connectivity index (χ0v) is 16.1. The summed E-state index contributed by atoms with van der Waals surface area (Å²) < 4.78 is 17.9. The molecule has 0 bridgehead atoms. The second-order valence-corrected chi connectivity index (χ2v) is 7.89. The SMILES string of the molecule is CC(C)(C)c1ccc(OP(Oc2ccccc2)Oc2ccccc2)cc1. The highest BCUT2D eigenvalue weighted by Crippen LogP contribution is 2.42. The van der Waals surface area contributed by atoms with Gasteiger partial charge in [-0.2, -0.15) is 0 Å². The minimum absolute atomic E-state index is 0.102. The molecule has 0 amide bonds. The highest BCUT2D eigenvalue weighted by molar-refractivity contribution is 7.43. The third-order valence-corrected chi connectivity index (χ3v) is 4.83. The molecule has 4 heteroatoms. The number of benzene rings is 3. The van der Waals surface area contributed by atoms with Gasteiger partial charge in [0.15, 0.2) is 0 Å². The first kappa shape index (κ1) is 18.3. The topological polar surface area (TPSA) is 27.7 Å². The summed E-state index contributed by atoms with van der Waals surface area (Å²) in [6, 6.07) is 27.2. The summed E-state index contributed by atoms with van der Waals surface area (Å²) in [6.07, 6.45) is 0. The number of para-hydroxylation sites is 2. The Kier molecular flexibility index (Phi) is 5.80. The fourth-order valence-electron chi connectivity index (χ4n) is 2.29. The Morgan fingerprint density at radius 1 is 0.538 bits per heavy atom. The summed E-state index contributed by atoms with van der Waals surface area (Å²) in [5.41, 5.74) is 1.35. The summed E-state index contributed by atoms with van der Waals surface area (Å²) in [4.78, 5) is 0. The molecule has 0 spiro atoms. The molecule has 0 aliphatic rings. The summed E-state index contributed by atoms with van der Waals surface area (Å²) in [6.45, 7) is 6.56. The molecular formula is C22H23O3P. The molecule has 3 nitrogen and oxygen atoms in total. The number of hydrogen-bond acceptors (Lipinski definition) is 3. The van der Waals surface area contributed by atoms with Gasteiger partial charge < -0.3 is 13.6 Å². The van der Waals surface area contributed by atoms with Gasteiger partial charge in [0.2, 0.25) is 0 Å². The Morgan fingerprint density at radius 2 is 0.923 bits per heavy atom. The molecule has 0 heterocycles. The highest BCUT2D eigenvalue weighted by Gasteiger charge is 2.20. The Morgan fingerprint density at radius 3 is 1.31 bits per heavy atom. The van der Waals surface area contributed by atoms with E-state index < -0.39 is 8.60 Å². The standard InChI is InChI=1S/C22H23O3P/c1-22(2,3)18-14-16-21(17-15-18)25-26(23-19-10-6-4-7-11-19)24-20-12-8-5-9-13-20/h4-17H,1-3H3. The zero-order valence-electron chi connectivity index (χ0n) is 15.3. The Labute approximate surface area is 156 Å². The number of rotatable bonds is 6. The molecule has 0 aliphatic carbocycles. The number of hydrogen-bond donors (Lipinski definition) is 0. The predicted molar refractivity (Wildman–Crippen MR) is 107 cm³/mol. The Hall–Kier alpha value is -2.51. The van der Waals surface area contributed by atoms with Crippen LogP contribution in [0.4, 0.5) is 0 Å². The molecule has 3 aromatic carbocycles. The van der Waals surface area contributed by atoms with Crippen molar-refractivity contribution in [3.63, 3.8) is 0 Å². The average Bonchev–Trinajstić information content (AvgIpc) is 2.63. The molecule has 0 fully saturated rings. The van der Waals surface area contributed by atoms with Gasteiger partial charge in [-0.3, -0.25) is 0 Å². The van der Waals surface area contributed by atoms with Crippen molar-refractivity contribution in [2.75, 3.05) is 0 Å². The van der Waals surface area contributed by atoms with Crippen LogP contribution in [0.5, 0.6) is 17.2 Å². The van der Waals surface area contributed by atoms with E-state index in [0.717, 1.165) is 5.75 Å². The van der Waals surface area contributed by atoms with E-state index in [0.29, 0.717) is 11.5 Å². The first-order chi connectivity index (χ1) is 12.5. The molecule has 0 saturated carbocycles. The molecule has 0 saturated heterocycles. The van der Waals surface area contributed by atoms with Gasteiger partial charge in [0, 0.05) is 0 Å². The van der Waals surface area contributed by atoms with E-state index in [9.17, 15) is 0 Å². The van der Waals surface area contributed by atoms with E-state index >= 15 is 0 Å². The molecule has 26 heavy (non-hydrogen) atoms. The van der Waals surface area contributed by atoms with Crippen LogP contribution in [-0.4, -0.2) is 0 Å². The van der Waals surface area contributed by atoms with Crippen molar-refractivity contribution < 1.29 is 13.6 Å².